The van der Waals surface area contributed by atoms with Gasteiger partial charge in [-0.1, -0.05) is 32.9 Å². The van der Waals surface area contributed by atoms with E-state index in [0.29, 0.717) is 6.54 Å². The molecule has 1 aliphatic heterocycles. The van der Waals surface area contributed by atoms with E-state index in [1.165, 1.54) is 16.2 Å². The Balaban J connectivity index is 1.47. The molecule has 1 amide bonds. The smallest absolute Gasteiger partial charge is 0.279 e. The summed E-state index contributed by atoms with van der Waals surface area (Å²) in [7, 11) is 1.68. The number of ether oxygens (including phenoxy) is 1. The maximum absolute atomic E-state index is 12.4. The van der Waals surface area contributed by atoms with Gasteiger partial charge in [-0.15, -0.1) is 0 Å². The van der Waals surface area contributed by atoms with Crippen molar-refractivity contribution in [2.75, 3.05) is 50.1 Å². The number of nitrogens with one attached hydrogen (secondary N) is 2. The summed E-state index contributed by atoms with van der Waals surface area (Å²) in [5.74, 6) is 0.955. The third kappa shape index (κ3) is 5.26. The summed E-state index contributed by atoms with van der Waals surface area (Å²) in [6, 6.07) is 16.4. The van der Waals surface area contributed by atoms with Crippen LogP contribution in [-0.2, 0) is 10.2 Å². The zero-order valence-electron chi connectivity index (χ0n) is 17.4. The van der Waals surface area contributed by atoms with Crippen molar-refractivity contribution in [2.24, 2.45) is 0 Å². The number of nitrogens with zero attached hydrogens (tertiary/aromatic N) is 1. The number of hydrogen-bond acceptors (Lipinski definition) is 3. The zero-order valence-corrected chi connectivity index (χ0v) is 17.4. The fourth-order valence-electron chi connectivity index (χ4n) is 3.54. The van der Waals surface area contributed by atoms with Crippen molar-refractivity contribution in [1.29, 1.82) is 0 Å². The van der Waals surface area contributed by atoms with Gasteiger partial charge in [0, 0.05) is 11.4 Å². The topological polar surface area (TPSA) is 46.0 Å². The maximum Gasteiger partial charge on any atom is 0.279 e. The van der Waals surface area contributed by atoms with Crippen LogP contribution < -0.4 is 19.9 Å². The molecular weight excluding hydrogens is 350 g/mol. The van der Waals surface area contributed by atoms with Crippen LogP contribution in [0.25, 0.3) is 0 Å². The summed E-state index contributed by atoms with van der Waals surface area (Å²) in [5, 5.41) is 3.04. The lowest BCUT2D eigenvalue weighted by Crippen LogP contribution is -3.15. The molecule has 0 aliphatic carbocycles. The molecule has 0 atom stereocenters. The van der Waals surface area contributed by atoms with Crippen molar-refractivity contribution >= 4 is 17.3 Å². The van der Waals surface area contributed by atoms with Gasteiger partial charge in [0.1, 0.15) is 5.75 Å². The predicted octanol–water partition coefficient (Wildman–Crippen LogP) is 2.34. The van der Waals surface area contributed by atoms with E-state index in [-0.39, 0.29) is 11.3 Å². The van der Waals surface area contributed by atoms with Crippen molar-refractivity contribution in [2.45, 2.75) is 26.2 Å². The Labute approximate surface area is 168 Å². The molecule has 2 N–H and O–H groups in total. The third-order valence-corrected chi connectivity index (χ3v) is 5.35. The Bertz CT molecular complexity index is 771. The monoisotopic (exact) mass is 382 g/mol. The Morgan fingerprint density at radius 3 is 2.18 bits per heavy atom. The van der Waals surface area contributed by atoms with Gasteiger partial charge in [0.15, 0.2) is 6.54 Å². The summed E-state index contributed by atoms with van der Waals surface area (Å²) in [4.78, 5) is 16.1. The molecule has 28 heavy (non-hydrogen) atoms. The number of benzene rings is 2. The van der Waals surface area contributed by atoms with Gasteiger partial charge in [-0.3, -0.25) is 4.79 Å². The first-order valence-corrected chi connectivity index (χ1v) is 9.98. The van der Waals surface area contributed by atoms with Crippen LogP contribution >= 0.6 is 0 Å². The Kier molecular flexibility index (Phi) is 6.25. The first-order chi connectivity index (χ1) is 13.3. The van der Waals surface area contributed by atoms with Gasteiger partial charge in [0.2, 0.25) is 0 Å². The Morgan fingerprint density at radius 2 is 1.64 bits per heavy atom. The first-order valence-electron chi connectivity index (χ1n) is 9.98. The first kappa shape index (κ1) is 20.2. The van der Waals surface area contributed by atoms with E-state index in [9.17, 15) is 4.79 Å². The van der Waals surface area contributed by atoms with E-state index in [1.54, 1.807) is 7.11 Å². The minimum Gasteiger partial charge on any atom is -0.497 e. The third-order valence-electron chi connectivity index (χ3n) is 5.35. The largest absolute Gasteiger partial charge is 0.497 e. The molecule has 0 aromatic heterocycles. The molecule has 0 bridgehead atoms. The summed E-state index contributed by atoms with van der Waals surface area (Å²) in [5.41, 5.74) is 3.47. The number of anilines is 2. The number of amides is 1. The van der Waals surface area contributed by atoms with Crippen molar-refractivity contribution in [1.82, 2.24) is 0 Å². The lowest BCUT2D eigenvalue weighted by atomic mass is 9.87. The van der Waals surface area contributed by atoms with Crippen LogP contribution in [0.2, 0.25) is 0 Å². The molecule has 2 aromatic carbocycles. The van der Waals surface area contributed by atoms with E-state index in [4.69, 9.17) is 4.74 Å². The van der Waals surface area contributed by atoms with Crippen LogP contribution in [0.15, 0.2) is 48.5 Å². The molecule has 0 radical (unpaired) electrons. The average Bonchev–Trinajstić information content (AvgIpc) is 2.68. The van der Waals surface area contributed by atoms with Crippen LogP contribution in [0.5, 0.6) is 5.75 Å². The molecule has 5 heteroatoms. The highest BCUT2D eigenvalue weighted by Gasteiger charge is 2.22. The summed E-state index contributed by atoms with van der Waals surface area (Å²) in [6.45, 7) is 10.9. The molecule has 5 nitrogen and oxygen atoms in total. The van der Waals surface area contributed by atoms with Gasteiger partial charge in [-0.2, -0.15) is 0 Å². The second kappa shape index (κ2) is 8.65. The lowest BCUT2D eigenvalue weighted by molar-refractivity contribution is -0.892. The summed E-state index contributed by atoms with van der Waals surface area (Å²) < 4.78 is 5.22. The molecule has 0 unspecified atom stereocenters. The molecule has 150 valence electrons. The molecule has 1 fully saturated rings. The van der Waals surface area contributed by atoms with Crippen molar-refractivity contribution < 1.29 is 14.4 Å². The molecule has 0 spiro atoms. The quantitative estimate of drug-likeness (QED) is 0.834. The number of hydrogen-bond donors (Lipinski definition) is 2. The van der Waals surface area contributed by atoms with Crippen molar-refractivity contribution in [3.63, 3.8) is 0 Å². The summed E-state index contributed by atoms with van der Waals surface area (Å²) in [6.07, 6.45) is 0. The van der Waals surface area contributed by atoms with Gasteiger partial charge < -0.3 is 19.9 Å². The van der Waals surface area contributed by atoms with Gasteiger partial charge >= 0.3 is 0 Å². The molecule has 3 rings (SSSR count). The highest BCUT2D eigenvalue weighted by atomic mass is 16.5. The maximum atomic E-state index is 12.4. The second-order valence-electron chi connectivity index (χ2n) is 8.49. The van der Waals surface area contributed by atoms with Crippen LogP contribution in [0.3, 0.4) is 0 Å². The SMILES string of the molecule is COc1ccc(N2CC[NH+](CC(=O)Nc3ccc(C(C)(C)C)cc3)CC2)cc1. The number of methoxy groups -OCH3 is 1. The van der Waals surface area contributed by atoms with Gasteiger partial charge in [-0.25, -0.2) is 0 Å². The van der Waals surface area contributed by atoms with Crippen molar-refractivity contribution in [3.8, 4) is 5.75 Å². The molecular formula is C23H32N3O2+. The number of carbonyl (C=O) groups is 1. The molecule has 1 saturated heterocycles. The predicted molar refractivity (Wildman–Crippen MR) is 115 cm³/mol. The highest BCUT2D eigenvalue weighted by molar-refractivity contribution is 5.91. The number of piperazine rings is 1. The summed E-state index contributed by atoms with van der Waals surface area (Å²) >= 11 is 0. The van der Waals surface area contributed by atoms with Gasteiger partial charge in [0.25, 0.3) is 5.91 Å². The zero-order chi connectivity index (χ0) is 20.1. The molecule has 0 saturated carbocycles. The van der Waals surface area contributed by atoms with Gasteiger partial charge in [0.05, 0.1) is 33.3 Å². The molecule has 1 aliphatic rings. The van der Waals surface area contributed by atoms with Gasteiger partial charge in [-0.05, 0) is 47.4 Å². The van der Waals surface area contributed by atoms with E-state index in [0.717, 1.165) is 37.6 Å². The van der Waals surface area contributed by atoms with Crippen LogP contribution in [-0.4, -0.2) is 45.7 Å². The minimum absolute atomic E-state index is 0.0800. The van der Waals surface area contributed by atoms with E-state index < -0.39 is 0 Å². The lowest BCUT2D eigenvalue weighted by Gasteiger charge is -2.33. The fourth-order valence-corrected chi connectivity index (χ4v) is 3.54. The minimum atomic E-state index is 0.0800. The number of carbonyl (C=O) groups excluding carboxylic acids is 1. The number of quaternary nitrogens is 1. The van der Waals surface area contributed by atoms with Crippen LogP contribution in [0.1, 0.15) is 26.3 Å². The number of rotatable bonds is 5. The van der Waals surface area contributed by atoms with Crippen LogP contribution in [0, 0.1) is 0 Å². The van der Waals surface area contributed by atoms with Crippen LogP contribution in [0.4, 0.5) is 11.4 Å². The standard InChI is InChI=1S/C23H31N3O2/c1-23(2,3)18-5-7-19(8-6-18)24-22(27)17-25-13-15-26(16-14-25)20-9-11-21(28-4)12-10-20/h5-12H,13-17H2,1-4H3,(H,24,27)/p+1. The molecule has 1 heterocycles. The van der Waals surface area contributed by atoms with E-state index >= 15 is 0 Å². The second-order valence-corrected chi connectivity index (χ2v) is 8.49. The van der Waals surface area contributed by atoms with E-state index in [1.807, 2.05) is 24.3 Å². The average molecular weight is 383 g/mol. The Morgan fingerprint density at radius 1 is 1.04 bits per heavy atom. The highest BCUT2D eigenvalue weighted by Crippen LogP contribution is 2.23. The molecule has 2 aromatic rings. The Hall–Kier alpha value is -2.53. The van der Waals surface area contributed by atoms with Crippen molar-refractivity contribution in [3.05, 3.63) is 54.1 Å². The normalized spacial score (nSPS) is 15.4. The van der Waals surface area contributed by atoms with E-state index in [2.05, 4.69) is 55.3 Å². The fraction of sp³-hybridized carbons (Fsp3) is 0.435.